The average Bonchev–Trinajstić information content (AvgIpc) is 2.51. The third kappa shape index (κ3) is 2.65. The van der Waals surface area contributed by atoms with E-state index in [9.17, 15) is 9.59 Å². The summed E-state index contributed by atoms with van der Waals surface area (Å²) in [5.41, 5.74) is -0.656. The van der Waals surface area contributed by atoms with E-state index >= 15 is 0 Å². The largest absolute Gasteiger partial charge is 0.457 e. The maximum atomic E-state index is 12.1. The Morgan fingerprint density at radius 1 is 1.41 bits per heavy atom. The molecule has 0 aliphatic heterocycles. The summed E-state index contributed by atoms with van der Waals surface area (Å²) >= 11 is 0. The van der Waals surface area contributed by atoms with Gasteiger partial charge in [0.25, 0.3) is 0 Å². The van der Waals surface area contributed by atoms with Crippen LogP contribution in [0.15, 0.2) is 24.8 Å². The Bertz CT molecular complexity index is 366. The van der Waals surface area contributed by atoms with E-state index in [-0.39, 0.29) is 24.2 Å². The summed E-state index contributed by atoms with van der Waals surface area (Å²) < 4.78 is 4.93. The molecule has 0 saturated heterocycles. The van der Waals surface area contributed by atoms with Gasteiger partial charge >= 0.3 is 5.97 Å². The molecular weight excluding hydrogens is 216 g/mol. The zero-order chi connectivity index (χ0) is 13.1. The average molecular weight is 236 g/mol. The Kier molecular flexibility index (Phi) is 3.91. The molecule has 0 saturated carbocycles. The molecule has 0 radical (unpaired) electrons. The number of allylic oxidation sites excluding steroid dienone is 2. The molecule has 3 heteroatoms. The summed E-state index contributed by atoms with van der Waals surface area (Å²) in [4.78, 5) is 23.3. The van der Waals surface area contributed by atoms with Crippen LogP contribution < -0.4 is 0 Å². The Balaban J connectivity index is 2.59. The molecule has 1 atom stereocenters. The SMILES string of the molecule is C=CCC(=O)OCC(=O)[C@]1(C)CC=CC1(C)C. The molecule has 0 unspecified atom stereocenters. The first-order chi connectivity index (χ1) is 7.83. The first-order valence-corrected chi connectivity index (χ1v) is 5.81. The lowest BCUT2D eigenvalue weighted by molar-refractivity contribution is -0.151. The third-order valence-electron chi connectivity index (χ3n) is 3.77. The monoisotopic (exact) mass is 236 g/mol. The van der Waals surface area contributed by atoms with Gasteiger partial charge in [-0.25, -0.2) is 0 Å². The Morgan fingerprint density at radius 2 is 2.06 bits per heavy atom. The first kappa shape index (κ1) is 13.7. The van der Waals surface area contributed by atoms with Gasteiger partial charge < -0.3 is 4.74 Å². The number of carbonyl (C=O) groups is 2. The zero-order valence-corrected chi connectivity index (χ0v) is 10.8. The van der Waals surface area contributed by atoms with Gasteiger partial charge in [0.2, 0.25) is 0 Å². The molecule has 0 aromatic heterocycles. The zero-order valence-electron chi connectivity index (χ0n) is 10.8. The number of rotatable bonds is 5. The molecule has 0 aromatic rings. The van der Waals surface area contributed by atoms with Gasteiger partial charge in [0.1, 0.15) is 0 Å². The van der Waals surface area contributed by atoms with Crippen LogP contribution in [0.4, 0.5) is 0 Å². The van der Waals surface area contributed by atoms with E-state index in [0.717, 1.165) is 0 Å². The number of Topliss-reactive ketones (excluding diaryl/α,β-unsaturated/α-hetero) is 1. The highest BCUT2D eigenvalue weighted by Gasteiger charge is 2.47. The minimum Gasteiger partial charge on any atom is -0.457 e. The maximum absolute atomic E-state index is 12.1. The lowest BCUT2D eigenvalue weighted by atomic mass is 9.66. The van der Waals surface area contributed by atoms with Crippen molar-refractivity contribution in [2.45, 2.75) is 33.6 Å². The Morgan fingerprint density at radius 3 is 2.53 bits per heavy atom. The Hall–Kier alpha value is -1.38. The number of hydrogen-bond acceptors (Lipinski definition) is 3. The summed E-state index contributed by atoms with van der Waals surface area (Å²) in [6.07, 6.45) is 6.39. The minimum atomic E-state index is -0.471. The highest BCUT2D eigenvalue weighted by Crippen LogP contribution is 2.48. The van der Waals surface area contributed by atoms with Gasteiger partial charge in [0, 0.05) is 5.41 Å². The normalized spacial score (nSPS) is 25.6. The van der Waals surface area contributed by atoms with Crippen molar-refractivity contribution in [3.8, 4) is 0 Å². The van der Waals surface area contributed by atoms with E-state index in [4.69, 9.17) is 4.74 Å². The number of esters is 1. The standard InChI is InChI=1S/C14H20O3/c1-5-7-12(16)17-10-11(15)14(4)9-6-8-13(14,2)3/h5-6,8H,1,7,9-10H2,2-4H3/t14-/m0/s1. The van der Waals surface area contributed by atoms with Crippen molar-refractivity contribution in [3.63, 3.8) is 0 Å². The second kappa shape index (κ2) is 4.86. The van der Waals surface area contributed by atoms with Crippen LogP contribution in [0.25, 0.3) is 0 Å². The van der Waals surface area contributed by atoms with E-state index in [1.54, 1.807) is 0 Å². The van der Waals surface area contributed by atoms with E-state index in [0.29, 0.717) is 6.42 Å². The minimum absolute atomic E-state index is 0.0232. The van der Waals surface area contributed by atoms with Gasteiger partial charge in [-0.05, 0) is 11.8 Å². The van der Waals surface area contributed by atoms with Crippen molar-refractivity contribution in [3.05, 3.63) is 24.8 Å². The molecule has 1 rings (SSSR count). The molecule has 1 aliphatic rings. The lowest BCUT2D eigenvalue weighted by Crippen LogP contribution is -2.40. The van der Waals surface area contributed by atoms with E-state index in [1.165, 1.54) is 6.08 Å². The number of ether oxygens (including phenoxy) is 1. The first-order valence-electron chi connectivity index (χ1n) is 5.81. The molecule has 0 aromatic carbocycles. The molecule has 0 bridgehead atoms. The van der Waals surface area contributed by atoms with Gasteiger partial charge in [0.05, 0.1) is 6.42 Å². The van der Waals surface area contributed by atoms with Gasteiger partial charge in [0.15, 0.2) is 12.4 Å². The summed E-state index contributed by atoms with van der Waals surface area (Å²) in [6, 6.07) is 0. The van der Waals surface area contributed by atoms with Gasteiger partial charge in [-0.3, -0.25) is 9.59 Å². The molecule has 0 heterocycles. The van der Waals surface area contributed by atoms with Crippen molar-refractivity contribution >= 4 is 11.8 Å². The molecule has 94 valence electrons. The van der Waals surface area contributed by atoms with E-state index in [2.05, 4.69) is 12.7 Å². The summed E-state index contributed by atoms with van der Waals surface area (Å²) in [5.74, 6) is -0.425. The van der Waals surface area contributed by atoms with Crippen LogP contribution in [0.5, 0.6) is 0 Å². The number of hydrogen-bond donors (Lipinski definition) is 0. The smallest absolute Gasteiger partial charge is 0.310 e. The lowest BCUT2D eigenvalue weighted by Gasteiger charge is -2.36. The second-order valence-corrected chi connectivity index (χ2v) is 5.24. The second-order valence-electron chi connectivity index (χ2n) is 5.24. The fourth-order valence-electron chi connectivity index (χ4n) is 1.99. The van der Waals surface area contributed by atoms with E-state index < -0.39 is 11.4 Å². The van der Waals surface area contributed by atoms with Gasteiger partial charge in [-0.1, -0.05) is 39.0 Å². The highest BCUT2D eigenvalue weighted by atomic mass is 16.5. The quantitative estimate of drug-likeness (QED) is 0.544. The van der Waals surface area contributed by atoms with Crippen molar-refractivity contribution in [2.24, 2.45) is 10.8 Å². The van der Waals surface area contributed by atoms with E-state index in [1.807, 2.05) is 26.8 Å². The van der Waals surface area contributed by atoms with Crippen molar-refractivity contribution in [1.82, 2.24) is 0 Å². The maximum Gasteiger partial charge on any atom is 0.310 e. The Labute approximate surface area is 103 Å². The topological polar surface area (TPSA) is 43.4 Å². The molecule has 0 N–H and O–H groups in total. The van der Waals surface area contributed by atoms with Crippen LogP contribution in [-0.2, 0) is 14.3 Å². The van der Waals surface area contributed by atoms with Crippen LogP contribution in [0.2, 0.25) is 0 Å². The summed E-state index contributed by atoms with van der Waals surface area (Å²) in [5, 5.41) is 0. The van der Waals surface area contributed by atoms with Crippen molar-refractivity contribution < 1.29 is 14.3 Å². The molecule has 0 spiro atoms. The van der Waals surface area contributed by atoms with Gasteiger partial charge in [-0.15, -0.1) is 6.58 Å². The fourth-order valence-corrected chi connectivity index (χ4v) is 1.99. The molecular formula is C14H20O3. The van der Waals surface area contributed by atoms with Crippen LogP contribution in [0, 0.1) is 10.8 Å². The molecule has 1 aliphatic carbocycles. The predicted octanol–water partition coefficient (Wildman–Crippen LogP) is 2.67. The van der Waals surface area contributed by atoms with Crippen molar-refractivity contribution in [1.29, 1.82) is 0 Å². The molecule has 0 amide bonds. The fraction of sp³-hybridized carbons (Fsp3) is 0.571. The van der Waals surface area contributed by atoms with Gasteiger partial charge in [-0.2, -0.15) is 0 Å². The molecule has 17 heavy (non-hydrogen) atoms. The number of carbonyl (C=O) groups excluding carboxylic acids is 2. The van der Waals surface area contributed by atoms with Crippen LogP contribution in [-0.4, -0.2) is 18.4 Å². The summed E-state index contributed by atoms with van der Waals surface area (Å²) in [6.45, 7) is 9.28. The molecule has 3 nitrogen and oxygen atoms in total. The third-order valence-corrected chi connectivity index (χ3v) is 3.77. The predicted molar refractivity (Wildman–Crippen MR) is 66.4 cm³/mol. The van der Waals surface area contributed by atoms with Crippen LogP contribution in [0.1, 0.15) is 33.6 Å². The highest BCUT2D eigenvalue weighted by molar-refractivity contribution is 5.89. The van der Waals surface area contributed by atoms with Crippen molar-refractivity contribution in [2.75, 3.05) is 6.61 Å². The van der Waals surface area contributed by atoms with Crippen LogP contribution >= 0.6 is 0 Å². The van der Waals surface area contributed by atoms with Crippen LogP contribution in [0.3, 0.4) is 0 Å². The molecule has 0 fully saturated rings. The summed E-state index contributed by atoms with van der Waals surface area (Å²) in [7, 11) is 0. The number of ketones is 1.